The van der Waals surface area contributed by atoms with Gasteiger partial charge in [-0.25, -0.2) is 8.42 Å². The van der Waals surface area contributed by atoms with Crippen molar-refractivity contribution in [3.8, 4) is 0 Å². The monoisotopic (exact) mass is 493 g/mol. The Kier molecular flexibility index (Phi) is 6.59. The maximum atomic E-state index is 13.1. The van der Waals surface area contributed by atoms with E-state index < -0.39 is 10.0 Å². The van der Waals surface area contributed by atoms with Crippen LogP contribution in [0.2, 0.25) is 0 Å². The number of nitrogens with zero attached hydrogens (tertiary/aromatic N) is 4. The van der Waals surface area contributed by atoms with Crippen molar-refractivity contribution in [1.29, 1.82) is 0 Å². The first-order valence-electron chi connectivity index (χ1n) is 11.2. The largest absolute Gasteiger partial charge is 0.416 e. The summed E-state index contributed by atoms with van der Waals surface area (Å²) in [6.45, 7) is 3.15. The molecular formula is C21H27N5O5S2. The summed E-state index contributed by atoms with van der Waals surface area (Å²) in [4.78, 5) is 15.1. The van der Waals surface area contributed by atoms with E-state index >= 15 is 0 Å². The molecule has 3 heterocycles. The van der Waals surface area contributed by atoms with Gasteiger partial charge >= 0.3 is 0 Å². The summed E-state index contributed by atoms with van der Waals surface area (Å²) >= 11 is 1.18. The van der Waals surface area contributed by atoms with Gasteiger partial charge in [-0.2, -0.15) is 4.31 Å². The summed E-state index contributed by atoms with van der Waals surface area (Å²) < 4.78 is 38.6. The summed E-state index contributed by atoms with van der Waals surface area (Å²) in [6, 6.07) is 4.99. The van der Waals surface area contributed by atoms with Gasteiger partial charge in [0.25, 0.3) is 5.22 Å². The van der Waals surface area contributed by atoms with Gasteiger partial charge in [-0.05, 0) is 43.9 Å². The number of anilines is 2. The molecule has 0 bridgehead atoms. The van der Waals surface area contributed by atoms with E-state index in [1.165, 1.54) is 16.1 Å². The number of carbonyl (C=O) groups is 1. The molecule has 1 aliphatic carbocycles. The van der Waals surface area contributed by atoms with Crippen LogP contribution in [-0.4, -0.2) is 74.0 Å². The van der Waals surface area contributed by atoms with Crippen molar-refractivity contribution in [3.05, 3.63) is 24.1 Å². The molecule has 2 aliphatic heterocycles. The molecule has 0 atom stereocenters. The van der Waals surface area contributed by atoms with Crippen LogP contribution in [0.4, 0.5) is 11.4 Å². The topological polar surface area (TPSA) is 118 Å². The second-order valence-corrected chi connectivity index (χ2v) is 11.3. The summed E-state index contributed by atoms with van der Waals surface area (Å²) in [5, 5.41) is 11.3. The summed E-state index contributed by atoms with van der Waals surface area (Å²) in [5.41, 5.74) is 1.33. The number of aromatic nitrogens is 2. The third-order valence-electron chi connectivity index (χ3n) is 5.97. The number of nitrogens with one attached hydrogen (secondary N) is 1. The van der Waals surface area contributed by atoms with Crippen LogP contribution in [0.3, 0.4) is 0 Å². The highest BCUT2D eigenvalue weighted by Gasteiger charge is 2.30. The quantitative estimate of drug-likeness (QED) is 0.553. The van der Waals surface area contributed by atoms with Gasteiger partial charge in [0.05, 0.1) is 35.2 Å². The number of sulfonamides is 1. The van der Waals surface area contributed by atoms with E-state index in [2.05, 4.69) is 20.4 Å². The fraction of sp³-hybridized carbons (Fsp3) is 0.571. The SMILES string of the molecule is O=C(CSc1nnc(C2CC2)o1)Nc1cc(S(=O)(=O)N2CCOCC2)ccc1N1CCCC1. The zero-order valence-corrected chi connectivity index (χ0v) is 19.9. The molecule has 1 amide bonds. The van der Waals surface area contributed by atoms with Gasteiger partial charge in [-0.3, -0.25) is 4.79 Å². The van der Waals surface area contributed by atoms with Crippen molar-refractivity contribution in [2.45, 2.75) is 41.7 Å². The molecule has 10 nitrogen and oxygen atoms in total. The summed E-state index contributed by atoms with van der Waals surface area (Å²) in [6.07, 6.45) is 4.26. The van der Waals surface area contributed by atoms with Gasteiger partial charge < -0.3 is 19.4 Å². The van der Waals surface area contributed by atoms with Crippen molar-refractivity contribution in [3.63, 3.8) is 0 Å². The number of thioether (sulfide) groups is 1. The highest BCUT2D eigenvalue weighted by atomic mass is 32.2. The zero-order chi connectivity index (χ0) is 22.8. The molecule has 3 aliphatic rings. The second-order valence-electron chi connectivity index (χ2n) is 8.41. The Morgan fingerprint density at radius 2 is 1.88 bits per heavy atom. The highest BCUT2D eigenvalue weighted by molar-refractivity contribution is 7.99. The van der Waals surface area contributed by atoms with Crippen LogP contribution < -0.4 is 10.2 Å². The van der Waals surface area contributed by atoms with Crippen LogP contribution in [0, 0.1) is 0 Å². The van der Waals surface area contributed by atoms with E-state index in [0.29, 0.717) is 49.0 Å². The third kappa shape index (κ3) is 5.18. The molecule has 12 heteroatoms. The molecular weight excluding hydrogens is 466 g/mol. The number of hydrogen-bond donors (Lipinski definition) is 1. The van der Waals surface area contributed by atoms with E-state index in [4.69, 9.17) is 9.15 Å². The summed E-state index contributed by atoms with van der Waals surface area (Å²) in [5.74, 6) is 0.828. The molecule has 1 N–H and O–H groups in total. The van der Waals surface area contributed by atoms with Gasteiger partial charge in [-0.15, -0.1) is 10.2 Å². The fourth-order valence-electron chi connectivity index (χ4n) is 4.03. The molecule has 2 aromatic rings. The van der Waals surface area contributed by atoms with E-state index in [0.717, 1.165) is 44.5 Å². The number of hydrogen-bond acceptors (Lipinski definition) is 9. The average Bonchev–Trinajstić information content (AvgIpc) is 3.32. The lowest BCUT2D eigenvalue weighted by molar-refractivity contribution is -0.113. The minimum atomic E-state index is -3.67. The van der Waals surface area contributed by atoms with Crippen LogP contribution >= 0.6 is 11.8 Å². The normalized spacial score (nSPS) is 19.7. The lowest BCUT2D eigenvalue weighted by Crippen LogP contribution is -2.40. The smallest absolute Gasteiger partial charge is 0.277 e. The fourth-order valence-corrected chi connectivity index (χ4v) is 6.04. The van der Waals surface area contributed by atoms with Crippen LogP contribution in [0.1, 0.15) is 37.5 Å². The predicted molar refractivity (Wildman–Crippen MR) is 123 cm³/mol. The average molecular weight is 494 g/mol. The van der Waals surface area contributed by atoms with Crippen LogP contribution in [0.5, 0.6) is 0 Å². The van der Waals surface area contributed by atoms with Crippen molar-refractivity contribution < 1.29 is 22.4 Å². The molecule has 0 unspecified atom stereocenters. The van der Waals surface area contributed by atoms with E-state index in [9.17, 15) is 13.2 Å². The summed E-state index contributed by atoms with van der Waals surface area (Å²) in [7, 11) is -3.67. The Morgan fingerprint density at radius 1 is 1.12 bits per heavy atom. The number of benzene rings is 1. The maximum Gasteiger partial charge on any atom is 0.277 e. The molecule has 1 saturated carbocycles. The first-order chi connectivity index (χ1) is 16.0. The molecule has 33 heavy (non-hydrogen) atoms. The predicted octanol–water partition coefficient (Wildman–Crippen LogP) is 2.30. The van der Waals surface area contributed by atoms with E-state index in [1.807, 2.05) is 0 Å². The Morgan fingerprint density at radius 3 is 2.61 bits per heavy atom. The lowest BCUT2D eigenvalue weighted by Gasteiger charge is -2.27. The first-order valence-corrected chi connectivity index (χ1v) is 13.7. The van der Waals surface area contributed by atoms with Gasteiger partial charge in [0.2, 0.25) is 21.8 Å². The Bertz CT molecular complexity index is 1110. The van der Waals surface area contributed by atoms with E-state index in [-0.39, 0.29) is 16.6 Å². The number of carbonyl (C=O) groups excluding carboxylic acids is 1. The standard InChI is InChI=1S/C21H27N5O5S2/c27-19(14-32-21-24-23-20(31-21)15-3-4-15)22-17-13-16(5-6-18(17)25-7-1-2-8-25)33(28,29)26-9-11-30-12-10-26/h5-6,13,15H,1-4,7-12,14H2,(H,22,27). The number of ether oxygens (including phenoxy) is 1. The van der Waals surface area contributed by atoms with Crippen molar-refractivity contribution in [2.75, 3.05) is 55.4 Å². The minimum absolute atomic E-state index is 0.0895. The van der Waals surface area contributed by atoms with Crippen LogP contribution in [0.15, 0.2) is 32.7 Å². The molecule has 178 valence electrons. The van der Waals surface area contributed by atoms with Crippen molar-refractivity contribution in [1.82, 2.24) is 14.5 Å². The maximum absolute atomic E-state index is 13.1. The van der Waals surface area contributed by atoms with Gasteiger partial charge in [0.1, 0.15) is 0 Å². The molecule has 1 aromatic heterocycles. The Hall–Kier alpha value is -2.15. The van der Waals surface area contributed by atoms with Gasteiger partial charge in [0.15, 0.2) is 0 Å². The molecule has 5 rings (SSSR count). The van der Waals surface area contributed by atoms with Crippen molar-refractivity contribution >= 4 is 39.1 Å². The molecule has 2 saturated heterocycles. The lowest BCUT2D eigenvalue weighted by atomic mass is 10.2. The number of rotatable bonds is 8. The first kappa shape index (κ1) is 22.6. The van der Waals surface area contributed by atoms with Gasteiger partial charge in [-0.1, -0.05) is 11.8 Å². The molecule has 0 spiro atoms. The van der Waals surface area contributed by atoms with Crippen molar-refractivity contribution in [2.24, 2.45) is 0 Å². The van der Waals surface area contributed by atoms with Crippen LogP contribution in [0.25, 0.3) is 0 Å². The number of morpholine rings is 1. The minimum Gasteiger partial charge on any atom is -0.416 e. The Balaban J connectivity index is 1.32. The Labute approximate surface area is 197 Å². The second kappa shape index (κ2) is 9.61. The highest BCUT2D eigenvalue weighted by Crippen LogP contribution is 2.40. The van der Waals surface area contributed by atoms with Crippen LogP contribution in [-0.2, 0) is 19.6 Å². The third-order valence-corrected chi connectivity index (χ3v) is 8.69. The number of amides is 1. The zero-order valence-electron chi connectivity index (χ0n) is 18.2. The van der Waals surface area contributed by atoms with Gasteiger partial charge in [0, 0.05) is 32.1 Å². The van der Waals surface area contributed by atoms with E-state index in [1.54, 1.807) is 18.2 Å². The molecule has 3 fully saturated rings. The molecule has 0 radical (unpaired) electrons. The molecule has 1 aromatic carbocycles.